The Hall–Kier alpha value is -4.88. The molecule has 10 nitrogen and oxygen atoms in total. The second-order valence-electron chi connectivity index (χ2n) is 14.5. The SMILES string of the molecule is O=C1CCC(N2C(=O)c3ccc(CCCOC4CCN(CCOc5ccc(Oc6c(-c7ccc(Br)cc7)sc7cc(O)ccc67)cc5)CC4)cc3C2=O)C(=O)C1. The Morgan fingerprint density at radius 3 is 2.32 bits per heavy atom. The molecule has 56 heavy (non-hydrogen) atoms. The van der Waals surface area contributed by atoms with Crippen molar-refractivity contribution in [2.75, 3.05) is 32.8 Å². The first-order chi connectivity index (χ1) is 27.2. The highest BCUT2D eigenvalue weighted by Crippen LogP contribution is 2.47. The van der Waals surface area contributed by atoms with E-state index in [0.717, 1.165) is 85.9 Å². The van der Waals surface area contributed by atoms with Gasteiger partial charge in [0, 0.05) is 47.2 Å². The molecule has 2 amide bonds. The van der Waals surface area contributed by atoms with E-state index in [4.69, 9.17) is 14.2 Å². The smallest absolute Gasteiger partial charge is 0.262 e. The summed E-state index contributed by atoms with van der Waals surface area (Å²) in [6.45, 7) is 3.86. The van der Waals surface area contributed by atoms with Gasteiger partial charge in [-0.2, -0.15) is 0 Å². The number of fused-ring (bicyclic) bond motifs is 2. The van der Waals surface area contributed by atoms with Gasteiger partial charge in [-0.05, 0) is 110 Å². The van der Waals surface area contributed by atoms with Crippen molar-refractivity contribution in [1.82, 2.24) is 9.80 Å². The van der Waals surface area contributed by atoms with Crippen molar-refractivity contribution in [3.8, 4) is 33.4 Å². The van der Waals surface area contributed by atoms with E-state index in [0.29, 0.717) is 36.5 Å². The van der Waals surface area contributed by atoms with Crippen LogP contribution in [0.15, 0.2) is 89.4 Å². The number of phenolic OH excluding ortho intramolecular Hbond substituents is 1. The van der Waals surface area contributed by atoms with Gasteiger partial charge < -0.3 is 19.3 Å². The molecule has 1 N–H and O–H groups in total. The summed E-state index contributed by atoms with van der Waals surface area (Å²) in [6.07, 6.45) is 3.76. The quantitative estimate of drug-likeness (QED) is 0.0706. The Labute approximate surface area is 337 Å². The number of piperidine rings is 1. The number of halogens is 1. The summed E-state index contributed by atoms with van der Waals surface area (Å²) in [5.41, 5.74) is 2.63. The Balaban J connectivity index is 0.758. The number of imide groups is 1. The summed E-state index contributed by atoms with van der Waals surface area (Å²) in [5, 5.41) is 11.0. The van der Waals surface area contributed by atoms with Crippen LogP contribution in [-0.2, 0) is 20.7 Å². The van der Waals surface area contributed by atoms with Gasteiger partial charge in [0.15, 0.2) is 11.5 Å². The first kappa shape index (κ1) is 38.0. The lowest BCUT2D eigenvalue weighted by Crippen LogP contribution is -2.47. The topological polar surface area (TPSA) is 123 Å². The van der Waals surface area contributed by atoms with E-state index >= 15 is 0 Å². The van der Waals surface area contributed by atoms with Crippen LogP contribution < -0.4 is 9.47 Å². The van der Waals surface area contributed by atoms with Gasteiger partial charge >= 0.3 is 0 Å². The molecule has 0 radical (unpaired) electrons. The fourth-order valence-electron chi connectivity index (χ4n) is 7.67. The second kappa shape index (κ2) is 16.7. The minimum atomic E-state index is -0.856. The molecule has 1 unspecified atom stereocenters. The van der Waals surface area contributed by atoms with Gasteiger partial charge in [-0.25, -0.2) is 0 Å². The van der Waals surface area contributed by atoms with Gasteiger partial charge in [-0.15, -0.1) is 11.3 Å². The number of thiophene rings is 1. The van der Waals surface area contributed by atoms with E-state index in [1.807, 2.05) is 60.7 Å². The first-order valence-electron chi connectivity index (χ1n) is 19.0. The average Bonchev–Trinajstić information content (AvgIpc) is 3.67. The lowest BCUT2D eigenvalue weighted by Gasteiger charge is -2.31. The molecule has 0 bridgehead atoms. The second-order valence-corrected chi connectivity index (χ2v) is 16.4. The molecule has 8 rings (SSSR count). The molecule has 12 heteroatoms. The zero-order chi connectivity index (χ0) is 38.8. The van der Waals surface area contributed by atoms with Crippen molar-refractivity contribution in [2.24, 2.45) is 0 Å². The van der Waals surface area contributed by atoms with E-state index in [9.17, 15) is 24.3 Å². The summed E-state index contributed by atoms with van der Waals surface area (Å²) >= 11 is 5.10. The lowest BCUT2D eigenvalue weighted by molar-refractivity contribution is -0.132. The number of benzene rings is 4. The number of aryl methyl sites for hydroxylation is 1. The lowest BCUT2D eigenvalue weighted by atomic mass is 9.92. The Morgan fingerprint density at radius 1 is 0.804 bits per heavy atom. The number of Topliss-reactive ketones (excluding diaryl/α,β-unsaturated/α-hetero) is 2. The van der Waals surface area contributed by atoms with Crippen LogP contribution in [0.1, 0.15) is 64.8 Å². The van der Waals surface area contributed by atoms with Crippen LogP contribution in [0.3, 0.4) is 0 Å². The predicted molar refractivity (Wildman–Crippen MR) is 217 cm³/mol. The van der Waals surface area contributed by atoms with Crippen molar-refractivity contribution in [3.05, 3.63) is 106 Å². The highest BCUT2D eigenvalue weighted by atomic mass is 79.9. The Morgan fingerprint density at radius 2 is 1.55 bits per heavy atom. The predicted octanol–water partition coefficient (Wildman–Crippen LogP) is 8.61. The van der Waals surface area contributed by atoms with Crippen molar-refractivity contribution < 1.29 is 38.5 Å². The molecule has 1 saturated heterocycles. The average molecular weight is 838 g/mol. The van der Waals surface area contributed by atoms with Crippen molar-refractivity contribution in [1.29, 1.82) is 0 Å². The molecule has 288 valence electrons. The van der Waals surface area contributed by atoms with E-state index in [-0.39, 0.29) is 42.7 Å². The van der Waals surface area contributed by atoms with Gasteiger partial charge in [-0.1, -0.05) is 34.1 Å². The number of amides is 2. The van der Waals surface area contributed by atoms with Gasteiger partial charge in [-0.3, -0.25) is 29.0 Å². The number of hydrogen-bond donors (Lipinski definition) is 1. The van der Waals surface area contributed by atoms with Crippen molar-refractivity contribution in [2.45, 2.75) is 57.1 Å². The molecule has 1 aromatic heterocycles. The minimum Gasteiger partial charge on any atom is -0.508 e. The third-order valence-electron chi connectivity index (χ3n) is 10.7. The highest BCUT2D eigenvalue weighted by Gasteiger charge is 2.44. The monoisotopic (exact) mass is 836 g/mol. The third kappa shape index (κ3) is 8.29. The number of nitrogens with zero attached hydrogens (tertiary/aromatic N) is 2. The molecular weight excluding hydrogens is 796 g/mol. The number of carbonyl (C=O) groups excluding carboxylic acids is 4. The largest absolute Gasteiger partial charge is 0.508 e. The molecule has 1 atom stereocenters. The van der Waals surface area contributed by atoms with Crippen LogP contribution in [0.4, 0.5) is 0 Å². The number of carbonyl (C=O) groups is 4. The number of aromatic hydroxyl groups is 1. The van der Waals surface area contributed by atoms with Crippen molar-refractivity contribution in [3.63, 3.8) is 0 Å². The summed E-state index contributed by atoms with van der Waals surface area (Å²) < 4.78 is 20.7. The maximum atomic E-state index is 13.2. The number of ether oxygens (including phenoxy) is 3. The molecule has 1 saturated carbocycles. The molecule has 5 aromatic rings. The molecule has 1 aliphatic carbocycles. The summed E-state index contributed by atoms with van der Waals surface area (Å²) in [5.74, 6) is 1.04. The van der Waals surface area contributed by atoms with Crippen LogP contribution in [0.25, 0.3) is 20.5 Å². The van der Waals surface area contributed by atoms with Crippen LogP contribution in [0.2, 0.25) is 0 Å². The van der Waals surface area contributed by atoms with Crippen LogP contribution in [0.5, 0.6) is 23.0 Å². The van der Waals surface area contributed by atoms with E-state index in [2.05, 4.69) is 20.8 Å². The number of likely N-dealkylation sites (tertiary alicyclic amines) is 1. The number of ketones is 2. The van der Waals surface area contributed by atoms with E-state index in [1.165, 1.54) is 0 Å². The maximum absolute atomic E-state index is 13.2. The summed E-state index contributed by atoms with van der Waals surface area (Å²) in [7, 11) is 0. The fourth-order valence-corrected chi connectivity index (χ4v) is 9.10. The molecule has 2 aliphatic heterocycles. The van der Waals surface area contributed by atoms with Crippen LogP contribution >= 0.6 is 27.3 Å². The molecule has 3 heterocycles. The zero-order valence-electron chi connectivity index (χ0n) is 30.7. The van der Waals surface area contributed by atoms with E-state index in [1.54, 1.807) is 35.6 Å². The Bertz CT molecular complexity index is 2280. The summed E-state index contributed by atoms with van der Waals surface area (Å²) in [6, 6.07) is 25.6. The fraction of sp³-hybridized carbons (Fsp3) is 0.318. The molecular formula is C44H41BrN2O8S. The van der Waals surface area contributed by atoms with E-state index < -0.39 is 17.9 Å². The van der Waals surface area contributed by atoms with Gasteiger partial charge in [0.25, 0.3) is 11.8 Å². The highest BCUT2D eigenvalue weighted by molar-refractivity contribution is 9.10. The van der Waals surface area contributed by atoms with Gasteiger partial charge in [0.1, 0.15) is 29.6 Å². The van der Waals surface area contributed by atoms with Gasteiger partial charge in [0.2, 0.25) is 0 Å². The molecule has 3 aliphatic rings. The molecule has 0 spiro atoms. The normalized spacial score (nSPS) is 17.9. The van der Waals surface area contributed by atoms with Crippen LogP contribution in [0, 0.1) is 0 Å². The minimum absolute atomic E-state index is 0.144. The van der Waals surface area contributed by atoms with Crippen LogP contribution in [-0.4, -0.2) is 83.3 Å². The third-order valence-corrected chi connectivity index (χ3v) is 12.4. The van der Waals surface area contributed by atoms with Crippen molar-refractivity contribution >= 4 is 60.7 Å². The number of phenols is 1. The number of rotatable bonds is 13. The number of hydrogen-bond acceptors (Lipinski definition) is 10. The summed E-state index contributed by atoms with van der Waals surface area (Å²) in [4.78, 5) is 54.7. The zero-order valence-corrected chi connectivity index (χ0v) is 33.1. The maximum Gasteiger partial charge on any atom is 0.262 e. The standard InChI is InChI=1S/C44H41BrN2O8S/c45-29-6-4-28(5-7-29)42-41(36-15-8-31(49)26-40(36)56-42)55-34-12-10-32(11-13-34)54-23-21-46-19-17-33(18-20-46)53-22-1-2-27-3-14-35-37(24-27)44(52)47(43(35)51)38-16-9-30(48)25-39(38)50/h3-8,10-15,24,26,33,38,49H,1-2,9,16-23,25H2. The molecule has 2 fully saturated rings. The molecule has 4 aromatic carbocycles. The first-order valence-corrected chi connectivity index (χ1v) is 20.6. The Kier molecular flexibility index (Phi) is 11.3. The van der Waals surface area contributed by atoms with Gasteiger partial charge in [0.05, 0.1) is 34.6 Å².